The molecule has 0 aliphatic carbocycles. The van der Waals surface area contributed by atoms with Crippen LogP contribution < -0.4 is 0 Å². The van der Waals surface area contributed by atoms with E-state index in [9.17, 15) is 9.59 Å². The molecule has 0 amide bonds. The zero-order valence-electron chi connectivity index (χ0n) is 17.3. The number of unbranched alkanes of at least 4 members (excludes halogenated alkanes) is 13. The van der Waals surface area contributed by atoms with Crippen LogP contribution in [0.5, 0.6) is 0 Å². The van der Waals surface area contributed by atoms with E-state index in [0.29, 0.717) is 0 Å². The first-order valence-electron chi connectivity index (χ1n) is 11.1. The largest absolute Gasteiger partial charge is 0.481 e. The summed E-state index contributed by atoms with van der Waals surface area (Å²) in [6.45, 7) is 0. The average Bonchev–Trinajstić information content (AvgIpc) is 2.64. The molecule has 0 radical (unpaired) electrons. The number of carboxylic acid groups (broad SMARTS) is 2. The third-order valence-electron chi connectivity index (χ3n) is 5.21. The van der Waals surface area contributed by atoms with Crippen molar-refractivity contribution in [1.29, 1.82) is 0 Å². The normalized spacial score (nSPS) is 13.4. The van der Waals surface area contributed by atoms with Crippen molar-refractivity contribution in [3.8, 4) is 0 Å². The summed E-state index contributed by atoms with van der Waals surface area (Å²) >= 11 is 11.9. The molecule has 4 nitrogen and oxygen atoms in total. The van der Waals surface area contributed by atoms with E-state index in [4.69, 9.17) is 33.4 Å². The Morgan fingerprint density at radius 3 is 1.43 bits per heavy atom. The number of aliphatic carboxylic acids is 2. The van der Waals surface area contributed by atoms with E-state index in [1.807, 2.05) is 0 Å². The van der Waals surface area contributed by atoms with Gasteiger partial charge in [0.1, 0.15) is 0 Å². The zero-order valence-corrected chi connectivity index (χ0v) is 18.9. The number of rotatable bonds is 21. The molecule has 166 valence electrons. The maximum atomic E-state index is 11.1. The Hall–Kier alpha value is -0.480. The Morgan fingerprint density at radius 1 is 0.679 bits per heavy atom. The molecule has 28 heavy (non-hydrogen) atoms. The van der Waals surface area contributed by atoms with Crippen LogP contribution in [-0.2, 0) is 9.59 Å². The summed E-state index contributed by atoms with van der Waals surface area (Å²) < 4.78 is 0. The van der Waals surface area contributed by atoms with Crippen LogP contribution in [0.25, 0.3) is 0 Å². The second kappa shape index (κ2) is 19.8. The number of halogens is 2. The zero-order chi connectivity index (χ0) is 21.0. The lowest BCUT2D eigenvalue weighted by molar-refractivity contribution is -0.148. The number of alkyl halides is 2. The molecule has 0 fully saturated rings. The molecule has 0 bridgehead atoms. The van der Waals surface area contributed by atoms with Gasteiger partial charge in [-0.3, -0.25) is 9.59 Å². The van der Waals surface area contributed by atoms with Gasteiger partial charge in [-0.1, -0.05) is 83.5 Å². The molecule has 6 heteroatoms. The SMILES string of the molecule is O=C(O)CC(CC(Cl)CCCCCCCCCCCCCCCCCl)C(=O)O. The molecule has 2 N–H and O–H groups in total. The van der Waals surface area contributed by atoms with Gasteiger partial charge in [-0.2, -0.15) is 0 Å². The van der Waals surface area contributed by atoms with Gasteiger partial charge in [0.05, 0.1) is 12.3 Å². The van der Waals surface area contributed by atoms with Crippen LogP contribution in [0.3, 0.4) is 0 Å². The van der Waals surface area contributed by atoms with Crippen molar-refractivity contribution in [3.05, 3.63) is 0 Å². The van der Waals surface area contributed by atoms with Crippen molar-refractivity contribution in [2.45, 2.75) is 115 Å². The molecule has 0 spiro atoms. The van der Waals surface area contributed by atoms with Crippen molar-refractivity contribution in [3.63, 3.8) is 0 Å². The summed E-state index contributed by atoms with van der Waals surface area (Å²) in [6.07, 6.45) is 18.3. The van der Waals surface area contributed by atoms with Crippen LogP contribution in [0.1, 0.15) is 109 Å². The fraction of sp³-hybridized carbons (Fsp3) is 0.909. The lowest BCUT2D eigenvalue weighted by atomic mass is 9.96. The van der Waals surface area contributed by atoms with Crippen LogP contribution in [0, 0.1) is 5.92 Å². The molecule has 0 rings (SSSR count). The van der Waals surface area contributed by atoms with Gasteiger partial charge in [0, 0.05) is 11.3 Å². The van der Waals surface area contributed by atoms with Crippen molar-refractivity contribution in [2.75, 3.05) is 5.88 Å². The number of hydrogen-bond donors (Lipinski definition) is 2. The molecule has 2 atom stereocenters. The molecule has 0 aromatic carbocycles. The topological polar surface area (TPSA) is 74.6 Å². The molecule has 0 aliphatic heterocycles. The Labute approximate surface area is 181 Å². The third kappa shape index (κ3) is 18.9. The van der Waals surface area contributed by atoms with Gasteiger partial charge in [0.25, 0.3) is 0 Å². The summed E-state index contributed by atoms with van der Waals surface area (Å²) in [5.74, 6) is -2.24. The second-order valence-electron chi connectivity index (χ2n) is 7.89. The first-order chi connectivity index (χ1) is 13.5. The number of carbonyl (C=O) groups is 2. The Balaban J connectivity index is 3.40. The summed E-state index contributed by atoms with van der Waals surface area (Å²) in [7, 11) is 0. The average molecular weight is 439 g/mol. The smallest absolute Gasteiger partial charge is 0.307 e. The highest BCUT2D eigenvalue weighted by Gasteiger charge is 2.24. The first-order valence-corrected chi connectivity index (χ1v) is 12.1. The summed E-state index contributed by atoms with van der Waals surface area (Å²) in [5.41, 5.74) is 0. The Bertz CT molecular complexity index is 391. The summed E-state index contributed by atoms with van der Waals surface area (Å²) in [4.78, 5) is 21.7. The van der Waals surface area contributed by atoms with Gasteiger partial charge in [-0.05, 0) is 19.3 Å². The minimum atomic E-state index is -1.08. The van der Waals surface area contributed by atoms with Crippen LogP contribution in [0.4, 0.5) is 0 Å². The van der Waals surface area contributed by atoms with Crippen molar-refractivity contribution in [2.24, 2.45) is 5.92 Å². The lowest BCUT2D eigenvalue weighted by Crippen LogP contribution is -2.21. The van der Waals surface area contributed by atoms with Crippen LogP contribution in [-0.4, -0.2) is 33.4 Å². The van der Waals surface area contributed by atoms with Gasteiger partial charge in [0.2, 0.25) is 0 Å². The predicted molar refractivity (Wildman–Crippen MR) is 118 cm³/mol. The first kappa shape index (κ1) is 27.5. The van der Waals surface area contributed by atoms with Crippen molar-refractivity contribution in [1.82, 2.24) is 0 Å². The number of carboxylic acids is 2. The van der Waals surface area contributed by atoms with Gasteiger partial charge in [-0.15, -0.1) is 23.2 Å². The van der Waals surface area contributed by atoms with E-state index < -0.39 is 17.9 Å². The monoisotopic (exact) mass is 438 g/mol. The Kier molecular flexibility index (Phi) is 19.5. The maximum Gasteiger partial charge on any atom is 0.307 e. The van der Waals surface area contributed by atoms with Crippen molar-refractivity contribution >= 4 is 35.1 Å². The molecular formula is C22H40Cl2O4. The molecule has 0 saturated carbocycles. The third-order valence-corrected chi connectivity index (χ3v) is 5.88. The van der Waals surface area contributed by atoms with Gasteiger partial charge >= 0.3 is 11.9 Å². The fourth-order valence-corrected chi connectivity index (χ4v) is 4.05. The van der Waals surface area contributed by atoms with E-state index in [1.54, 1.807) is 0 Å². The van der Waals surface area contributed by atoms with E-state index in [0.717, 1.165) is 31.6 Å². The minimum absolute atomic E-state index is 0.232. The summed E-state index contributed by atoms with van der Waals surface area (Å²) in [6, 6.07) is 0. The molecular weight excluding hydrogens is 399 g/mol. The van der Waals surface area contributed by atoms with Gasteiger partial charge in [-0.25, -0.2) is 0 Å². The van der Waals surface area contributed by atoms with E-state index >= 15 is 0 Å². The van der Waals surface area contributed by atoms with Crippen LogP contribution in [0.15, 0.2) is 0 Å². The highest BCUT2D eigenvalue weighted by atomic mass is 35.5. The van der Waals surface area contributed by atoms with Crippen LogP contribution in [0.2, 0.25) is 0 Å². The molecule has 0 aliphatic rings. The molecule has 0 saturated heterocycles. The molecule has 0 heterocycles. The standard InChI is InChI=1S/C22H40Cl2O4/c23-16-14-12-10-8-6-4-2-1-3-5-7-9-11-13-15-20(24)17-19(22(27)28)18-21(25)26/h19-20H,1-18H2,(H,25,26)(H,27,28). The quantitative estimate of drug-likeness (QED) is 0.146. The maximum absolute atomic E-state index is 11.1. The minimum Gasteiger partial charge on any atom is -0.481 e. The van der Waals surface area contributed by atoms with Crippen molar-refractivity contribution < 1.29 is 19.8 Å². The fourth-order valence-electron chi connectivity index (χ4n) is 3.49. The van der Waals surface area contributed by atoms with Gasteiger partial charge in [0.15, 0.2) is 0 Å². The van der Waals surface area contributed by atoms with E-state index in [2.05, 4.69) is 0 Å². The van der Waals surface area contributed by atoms with Crippen LogP contribution >= 0.6 is 23.2 Å². The van der Waals surface area contributed by atoms with Gasteiger partial charge < -0.3 is 10.2 Å². The van der Waals surface area contributed by atoms with E-state index in [1.165, 1.54) is 70.6 Å². The summed E-state index contributed by atoms with van der Waals surface area (Å²) in [5, 5.41) is 17.5. The molecule has 0 aromatic rings. The van der Waals surface area contributed by atoms with E-state index in [-0.39, 0.29) is 18.2 Å². The predicted octanol–water partition coefficient (Wildman–Crippen LogP) is 7.25. The number of hydrogen-bond acceptors (Lipinski definition) is 2. The second-order valence-corrected chi connectivity index (χ2v) is 8.89. The lowest BCUT2D eigenvalue weighted by Gasteiger charge is -2.14. The highest BCUT2D eigenvalue weighted by molar-refractivity contribution is 6.20. The Morgan fingerprint density at radius 2 is 1.07 bits per heavy atom. The molecule has 2 unspecified atom stereocenters. The highest BCUT2D eigenvalue weighted by Crippen LogP contribution is 2.21. The molecule has 0 aromatic heterocycles.